The Kier molecular flexibility index (Phi) is 9.28. The number of halogens is 1. The van der Waals surface area contributed by atoms with E-state index in [0.29, 0.717) is 24.5 Å². The highest BCUT2D eigenvalue weighted by Gasteiger charge is 2.22. The number of carbonyl (C=O) groups is 1. The first kappa shape index (κ1) is 26.7. The predicted molar refractivity (Wildman–Crippen MR) is 134 cm³/mol. The van der Waals surface area contributed by atoms with Gasteiger partial charge in [-0.05, 0) is 67.4 Å². The Morgan fingerprint density at radius 3 is 2.43 bits per heavy atom. The largest absolute Gasteiger partial charge is 0.496 e. The van der Waals surface area contributed by atoms with Gasteiger partial charge in [-0.3, -0.25) is 0 Å². The fraction of sp³-hybridized carbons (Fsp3) is 0.269. The average molecular weight is 518 g/mol. The molecule has 3 aromatic carbocycles. The van der Waals surface area contributed by atoms with Crippen LogP contribution in [0, 0.1) is 0 Å². The summed E-state index contributed by atoms with van der Waals surface area (Å²) in [4.78, 5) is 12.2. The number of benzene rings is 3. The van der Waals surface area contributed by atoms with Crippen LogP contribution in [0.5, 0.6) is 5.75 Å². The molecule has 0 spiro atoms. The Morgan fingerprint density at radius 1 is 1.06 bits per heavy atom. The number of hydrogen-bond donors (Lipinski definition) is 2. The molecule has 3 rings (SSSR count). The summed E-state index contributed by atoms with van der Waals surface area (Å²) in [5.41, 5.74) is 1.85. The van der Waals surface area contributed by atoms with E-state index in [0.717, 1.165) is 11.1 Å². The highest BCUT2D eigenvalue weighted by Crippen LogP contribution is 2.28. The standard InChI is InChI=1S/C26H28ClNO6S/c1-3-34-26(30)23-12-11-22(16-25(23)33-2)35(31,32)21-9-7-18(8-10-21)13-14-28-17-24(29)19-5-4-6-20(27)15-19/h4-12,15-16,24,28-29H,3,13-14,17H2,1-2H3/t24-/m1/s1. The molecule has 0 unspecified atom stereocenters. The minimum Gasteiger partial charge on any atom is -0.496 e. The lowest BCUT2D eigenvalue weighted by molar-refractivity contribution is 0.0522. The molecule has 0 amide bonds. The van der Waals surface area contributed by atoms with Crippen molar-refractivity contribution < 1.29 is 27.8 Å². The predicted octanol–water partition coefficient (Wildman–Crippen LogP) is 4.22. The van der Waals surface area contributed by atoms with Gasteiger partial charge in [0.15, 0.2) is 0 Å². The van der Waals surface area contributed by atoms with Crippen LogP contribution in [0.2, 0.25) is 5.02 Å². The smallest absolute Gasteiger partial charge is 0.341 e. The van der Waals surface area contributed by atoms with Crippen LogP contribution in [-0.2, 0) is 21.0 Å². The number of esters is 1. The van der Waals surface area contributed by atoms with E-state index in [-0.39, 0.29) is 27.7 Å². The second-order valence-electron chi connectivity index (χ2n) is 7.75. The molecule has 2 N–H and O–H groups in total. The zero-order valence-electron chi connectivity index (χ0n) is 19.5. The molecule has 0 aromatic heterocycles. The lowest BCUT2D eigenvalue weighted by Crippen LogP contribution is -2.23. The summed E-state index contributed by atoms with van der Waals surface area (Å²) in [6, 6.07) is 17.8. The Bertz CT molecular complexity index is 1260. The minimum atomic E-state index is -3.81. The topological polar surface area (TPSA) is 102 Å². The molecular weight excluding hydrogens is 490 g/mol. The van der Waals surface area contributed by atoms with Crippen molar-refractivity contribution >= 4 is 27.4 Å². The highest BCUT2D eigenvalue weighted by atomic mass is 35.5. The van der Waals surface area contributed by atoms with Crippen LogP contribution in [0.15, 0.2) is 76.5 Å². The molecule has 0 aliphatic heterocycles. The second kappa shape index (κ2) is 12.2. The molecule has 0 aliphatic carbocycles. The first-order valence-corrected chi connectivity index (χ1v) is 13.0. The Balaban J connectivity index is 1.62. The summed E-state index contributed by atoms with van der Waals surface area (Å²) in [5.74, 6) is -0.446. The third kappa shape index (κ3) is 6.82. The van der Waals surface area contributed by atoms with E-state index < -0.39 is 21.9 Å². The Hall–Kier alpha value is -2.91. The van der Waals surface area contributed by atoms with E-state index in [1.165, 1.54) is 25.3 Å². The van der Waals surface area contributed by atoms with Gasteiger partial charge in [-0.25, -0.2) is 13.2 Å². The number of rotatable bonds is 11. The van der Waals surface area contributed by atoms with Crippen molar-refractivity contribution in [1.29, 1.82) is 0 Å². The SMILES string of the molecule is CCOC(=O)c1ccc(S(=O)(=O)c2ccc(CCNC[C@@H](O)c3cccc(Cl)c3)cc2)cc1OC. The van der Waals surface area contributed by atoms with Gasteiger partial charge in [-0.1, -0.05) is 35.9 Å². The zero-order valence-corrected chi connectivity index (χ0v) is 21.1. The van der Waals surface area contributed by atoms with Crippen LogP contribution < -0.4 is 10.1 Å². The van der Waals surface area contributed by atoms with E-state index in [9.17, 15) is 18.3 Å². The highest BCUT2D eigenvalue weighted by molar-refractivity contribution is 7.91. The third-order valence-corrected chi connectivity index (χ3v) is 7.38. The number of ether oxygens (including phenoxy) is 2. The molecule has 0 saturated heterocycles. The molecule has 0 aliphatic rings. The van der Waals surface area contributed by atoms with Crippen molar-refractivity contribution in [3.05, 3.63) is 88.4 Å². The molecular formula is C26H28ClNO6S. The molecule has 186 valence electrons. The lowest BCUT2D eigenvalue weighted by atomic mass is 10.1. The van der Waals surface area contributed by atoms with E-state index in [4.69, 9.17) is 21.1 Å². The van der Waals surface area contributed by atoms with E-state index in [1.807, 2.05) is 6.07 Å². The Morgan fingerprint density at radius 2 is 1.77 bits per heavy atom. The molecule has 1 atom stereocenters. The van der Waals surface area contributed by atoms with Gasteiger partial charge < -0.3 is 19.9 Å². The molecule has 0 fully saturated rings. The second-order valence-corrected chi connectivity index (χ2v) is 10.1. The number of sulfone groups is 1. The maximum atomic E-state index is 13.1. The Labute approximate surface area is 210 Å². The van der Waals surface area contributed by atoms with Crippen LogP contribution in [0.25, 0.3) is 0 Å². The van der Waals surface area contributed by atoms with Crippen molar-refractivity contribution in [2.24, 2.45) is 0 Å². The van der Waals surface area contributed by atoms with Crippen LogP contribution >= 0.6 is 11.6 Å². The van der Waals surface area contributed by atoms with Gasteiger partial charge in [-0.15, -0.1) is 0 Å². The molecule has 0 bridgehead atoms. The summed E-state index contributed by atoms with van der Waals surface area (Å²) in [7, 11) is -2.44. The van der Waals surface area contributed by atoms with Crippen molar-refractivity contribution in [3.8, 4) is 5.75 Å². The number of hydrogen-bond acceptors (Lipinski definition) is 7. The number of aliphatic hydroxyl groups is 1. The summed E-state index contributed by atoms with van der Waals surface area (Å²) in [5, 5.41) is 14.0. The summed E-state index contributed by atoms with van der Waals surface area (Å²) < 4.78 is 36.4. The quantitative estimate of drug-likeness (QED) is 0.290. The van der Waals surface area contributed by atoms with Gasteiger partial charge >= 0.3 is 5.97 Å². The first-order chi connectivity index (χ1) is 16.8. The van der Waals surface area contributed by atoms with E-state index >= 15 is 0 Å². The van der Waals surface area contributed by atoms with Gasteiger partial charge in [0.25, 0.3) is 0 Å². The van der Waals surface area contributed by atoms with Gasteiger partial charge in [0.1, 0.15) is 11.3 Å². The summed E-state index contributed by atoms with van der Waals surface area (Å²) in [6.45, 7) is 2.87. The number of aliphatic hydroxyl groups excluding tert-OH is 1. The fourth-order valence-electron chi connectivity index (χ4n) is 3.49. The van der Waals surface area contributed by atoms with Crippen molar-refractivity contribution in [3.63, 3.8) is 0 Å². The number of methoxy groups -OCH3 is 1. The van der Waals surface area contributed by atoms with Gasteiger partial charge in [0.2, 0.25) is 9.84 Å². The van der Waals surface area contributed by atoms with Crippen molar-refractivity contribution in [2.75, 3.05) is 26.8 Å². The lowest BCUT2D eigenvalue weighted by Gasteiger charge is -2.13. The van der Waals surface area contributed by atoms with Crippen LogP contribution in [0.1, 0.15) is 34.5 Å². The fourth-order valence-corrected chi connectivity index (χ4v) is 4.97. The van der Waals surface area contributed by atoms with Crippen LogP contribution in [0.3, 0.4) is 0 Å². The van der Waals surface area contributed by atoms with E-state index in [1.54, 1.807) is 49.4 Å². The third-order valence-electron chi connectivity index (χ3n) is 5.37. The number of nitrogens with one attached hydrogen (secondary N) is 1. The maximum absolute atomic E-state index is 13.1. The molecule has 9 heteroatoms. The monoisotopic (exact) mass is 517 g/mol. The van der Waals surface area contributed by atoms with Crippen molar-refractivity contribution in [2.45, 2.75) is 29.2 Å². The molecule has 3 aromatic rings. The van der Waals surface area contributed by atoms with Crippen LogP contribution in [0.4, 0.5) is 0 Å². The summed E-state index contributed by atoms with van der Waals surface area (Å²) in [6.07, 6.45) is -0.0154. The maximum Gasteiger partial charge on any atom is 0.341 e. The van der Waals surface area contributed by atoms with Crippen LogP contribution in [-0.4, -0.2) is 46.3 Å². The van der Waals surface area contributed by atoms with Gasteiger partial charge in [0.05, 0.1) is 29.6 Å². The van der Waals surface area contributed by atoms with E-state index in [2.05, 4.69) is 5.32 Å². The number of carbonyl (C=O) groups excluding carboxylic acids is 1. The molecule has 7 nitrogen and oxygen atoms in total. The molecule has 0 saturated carbocycles. The van der Waals surface area contributed by atoms with Gasteiger partial charge in [-0.2, -0.15) is 0 Å². The normalized spacial score (nSPS) is 12.2. The molecule has 35 heavy (non-hydrogen) atoms. The zero-order chi connectivity index (χ0) is 25.4. The first-order valence-electron chi connectivity index (χ1n) is 11.1. The summed E-state index contributed by atoms with van der Waals surface area (Å²) >= 11 is 5.96. The molecule has 0 radical (unpaired) electrons. The van der Waals surface area contributed by atoms with Gasteiger partial charge in [0, 0.05) is 17.6 Å². The molecule has 0 heterocycles. The average Bonchev–Trinajstić information content (AvgIpc) is 2.86. The van der Waals surface area contributed by atoms with Crippen molar-refractivity contribution in [1.82, 2.24) is 5.32 Å². The minimum absolute atomic E-state index is 0.0202.